The van der Waals surface area contributed by atoms with Crippen molar-refractivity contribution in [1.29, 1.82) is 0 Å². The zero-order valence-electron chi connectivity index (χ0n) is 26.9. The molecule has 10 nitrogen and oxygen atoms in total. The molecule has 1 amide bonds. The van der Waals surface area contributed by atoms with Gasteiger partial charge in [0.05, 0.1) is 35.8 Å². The van der Waals surface area contributed by atoms with Crippen molar-refractivity contribution in [2.24, 2.45) is 5.41 Å². The molecule has 0 saturated carbocycles. The fourth-order valence-corrected chi connectivity index (χ4v) is 7.58. The molecule has 0 N–H and O–H groups in total. The number of benzene rings is 2. The number of amides is 1. The van der Waals surface area contributed by atoms with Crippen molar-refractivity contribution in [3.05, 3.63) is 53.6 Å². The molecule has 0 unspecified atom stereocenters. The third-order valence-corrected chi connectivity index (χ3v) is 10.3. The number of nitrogens with zero attached hydrogens (tertiary/aromatic N) is 2. The molecule has 2 atom stereocenters. The van der Waals surface area contributed by atoms with E-state index in [1.165, 1.54) is 11.4 Å². The van der Waals surface area contributed by atoms with Gasteiger partial charge in [0, 0.05) is 32.8 Å². The summed E-state index contributed by atoms with van der Waals surface area (Å²) in [5.74, 6) is 0.127. The molecule has 2 aromatic rings. The molecule has 1 fully saturated rings. The van der Waals surface area contributed by atoms with Crippen molar-refractivity contribution in [1.82, 2.24) is 4.31 Å². The van der Waals surface area contributed by atoms with Crippen molar-refractivity contribution >= 4 is 27.6 Å². The van der Waals surface area contributed by atoms with E-state index < -0.39 is 27.1 Å². The second-order valence-corrected chi connectivity index (χ2v) is 14.7. The van der Waals surface area contributed by atoms with Crippen LogP contribution in [0.15, 0.2) is 47.4 Å². The number of esters is 1. The predicted molar refractivity (Wildman–Crippen MR) is 167 cm³/mol. The van der Waals surface area contributed by atoms with Crippen LogP contribution >= 0.6 is 0 Å². The van der Waals surface area contributed by atoms with Gasteiger partial charge < -0.3 is 23.8 Å². The second-order valence-electron chi connectivity index (χ2n) is 12.8. The van der Waals surface area contributed by atoms with E-state index in [-0.39, 0.29) is 36.0 Å². The fourth-order valence-electron chi connectivity index (χ4n) is 5.90. The lowest BCUT2D eigenvalue weighted by Gasteiger charge is -2.41. The Morgan fingerprint density at radius 3 is 2.45 bits per heavy atom. The van der Waals surface area contributed by atoms with E-state index in [0.717, 1.165) is 11.1 Å². The molecule has 11 heteroatoms. The van der Waals surface area contributed by atoms with Gasteiger partial charge >= 0.3 is 5.97 Å². The smallest absolute Gasteiger partial charge is 0.311 e. The van der Waals surface area contributed by atoms with E-state index in [4.69, 9.17) is 18.9 Å². The number of aryl methyl sites for hydroxylation is 1. The molecule has 242 valence electrons. The number of fused-ring (bicyclic) bond motifs is 1. The third-order valence-electron chi connectivity index (χ3n) is 8.38. The number of sulfonamides is 1. The van der Waals surface area contributed by atoms with Gasteiger partial charge in [-0.05, 0) is 90.1 Å². The number of piperidine rings is 1. The van der Waals surface area contributed by atoms with Crippen molar-refractivity contribution in [2.75, 3.05) is 38.8 Å². The first-order valence-electron chi connectivity index (χ1n) is 15.1. The maximum absolute atomic E-state index is 13.9. The van der Waals surface area contributed by atoms with E-state index in [1.54, 1.807) is 64.0 Å². The van der Waals surface area contributed by atoms with E-state index in [2.05, 4.69) is 0 Å². The van der Waals surface area contributed by atoms with Crippen molar-refractivity contribution in [3.63, 3.8) is 0 Å². The van der Waals surface area contributed by atoms with Crippen LogP contribution in [0.3, 0.4) is 0 Å². The molecule has 4 rings (SSSR count). The molecule has 0 aromatic heterocycles. The highest BCUT2D eigenvalue weighted by molar-refractivity contribution is 7.89. The van der Waals surface area contributed by atoms with E-state index in [1.807, 2.05) is 25.1 Å². The van der Waals surface area contributed by atoms with Crippen LogP contribution in [-0.4, -0.2) is 76.3 Å². The molecule has 2 aliphatic rings. The first-order valence-corrected chi connectivity index (χ1v) is 16.5. The minimum absolute atomic E-state index is 0.121. The second kappa shape index (κ2) is 13.6. The van der Waals surface area contributed by atoms with Crippen LogP contribution in [0.4, 0.5) is 5.69 Å². The number of anilines is 1. The summed E-state index contributed by atoms with van der Waals surface area (Å²) in [6, 6.07) is 12.1. The molecule has 2 heterocycles. The van der Waals surface area contributed by atoms with Crippen LogP contribution in [-0.2, 0) is 40.4 Å². The van der Waals surface area contributed by atoms with E-state index in [9.17, 15) is 18.0 Å². The van der Waals surface area contributed by atoms with E-state index in [0.29, 0.717) is 50.3 Å². The first kappa shape index (κ1) is 33.9. The minimum Gasteiger partial charge on any atom is -0.476 e. The van der Waals surface area contributed by atoms with Crippen LogP contribution in [0, 0.1) is 12.3 Å². The van der Waals surface area contributed by atoms with Crippen LogP contribution in [0.1, 0.15) is 64.5 Å². The number of rotatable bonds is 12. The number of hydrogen-bond acceptors (Lipinski definition) is 8. The maximum Gasteiger partial charge on any atom is 0.311 e. The number of carbonyl (C=O) groups is 2. The highest BCUT2D eigenvalue weighted by atomic mass is 32.2. The molecular formula is C33H46N2O8S. The van der Waals surface area contributed by atoms with E-state index >= 15 is 0 Å². The van der Waals surface area contributed by atoms with Crippen molar-refractivity contribution in [2.45, 2.75) is 89.6 Å². The Morgan fingerprint density at radius 1 is 1.09 bits per heavy atom. The molecule has 0 radical (unpaired) electrons. The number of hydrogen-bond donors (Lipinski definition) is 0. The average Bonchev–Trinajstić information content (AvgIpc) is 2.98. The highest BCUT2D eigenvalue weighted by Gasteiger charge is 2.43. The van der Waals surface area contributed by atoms with Gasteiger partial charge in [-0.3, -0.25) is 9.59 Å². The molecular weight excluding hydrogens is 584 g/mol. The summed E-state index contributed by atoms with van der Waals surface area (Å²) >= 11 is 0. The Bertz CT molecular complexity index is 1440. The quantitative estimate of drug-likeness (QED) is 0.242. The predicted octanol–water partition coefficient (Wildman–Crippen LogP) is 4.86. The Balaban J connectivity index is 1.54. The normalized spacial score (nSPS) is 20.6. The summed E-state index contributed by atoms with van der Waals surface area (Å²) < 4.78 is 51.9. The van der Waals surface area contributed by atoms with Gasteiger partial charge in [0.15, 0.2) is 5.60 Å². The molecule has 2 aliphatic heterocycles. The SMILES string of the molecule is COCCCN1C(=O)C(C)(C)Oc2ccc(CO[C@@H]3CC[C@@H](CC(C)(C)C(=O)OC)N(S(=O)(=O)c4ccc(C)cc4)C3)cc21. The average molecular weight is 631 g/mol. The Hall–Kier alpha value is -2.99. The largest absolute Gasteiger partial charge is 0.476 e. The van der Waals surface area contributed by atoms with Gasteiger partial charge in [-0.15, -0.1) is 0 Å². The number of ether oxygens (including phenoxy) is 4. The lowest BCUT2D eigenvalue weighted by atomic mass is 9.83. The summed E-state index contributed by atoms with van der Waals surface area (Å²) in [4.78, 5) is 27.7. The number of methoxy groups -OCH3 is 2. The minimum atomic E-state index is -3.87. The lowest BCUT2D eigenvalue weighted by molar-refractivity contribution is -0.152. The summed E-state index contributed by atoms with van der Waals surface area (Å²) in [5.41, 5.74) is 0.652. The van der Waals surface area contributed by atoms with Gasteiger partial charge in [0.2, 0.25) is 10.0 Å². The number of carbonyl (C=O) groups excluding carboxylic acids is 2. The highest BCUT2D eigenvalue weighted by Crippen LogP contribution is 2.39. The van der Waals surface area contributed by atoms with Gasteiger partial charge in [-0.25, -0.2) is 8.42 Å². The molecule has 0 bridgehead atoms. The molecule has 0 spiro atoms. The molecule has 2 aromatic carbocycles. The Morgan fingerprint density at radius 2 is 1.80 bits per heavy atom. The van der Waals surface area contributed by atoms with Crippen LogP contribution in [0.2, 0.25) is 0 Å². The summed E-state index contributed by atoms with van der Waals surface area (Å²) in [6.07, 6.45) is 1.81. The van der Waals surface area contributed by atoms with Crippen molar-refractivity contribution < 1.29 is 37.0 Å². The fraction of sp³-hybridized carbons (Fsp3) is 0.576. The van der Waals surface area contributed by atoms with Crippen LogP contribution < -0.4 is 9.64 Å². The summed E-state index contributed by atoms with van der Waals surface area (Å²) in [5, 5.41) is 0. The van der Waals surface area contributed by atoms with Crippen LogP contribution in [0.25, 0.3) is 0 Å². The summed E-state index contributed by atoms with van der Waals surface area (Å²) in [6.45, 7) is 10.4. The van der Waals surface area contributed by atoms with Gasteiger partial charge in [-0.2, -0.15) is 4.31 Å². The van der Waals surface area contributed by atoms with Gasteiger partial charge in [0.25, 0.3) is 5.91 Å². The lowest BCUT2D eigenvalue weighted by Crippen LogP contribution is -2.53. The topological polar surface area (TPSA) is 112 Å². The zero-order valence-corrected chi connectivity index (χ0v) is 27.7. The summed E-state index contributed by atoms with van der Waals surface area (Å²) in [7, 11) is -0.887. The monoisotopic (exact) mass is 630 g/mol. The van der Waals surface area contributed by atoms with Gasteiger partial charge in [-0.1, -0.05) is 23.8 Å². The third kappa shape index (κ3) is 7.44. The molecule has 0 aliphatic carbocycles. The zero-order chi connectivity index (χ0) is 32.3. The van der Waals surface area contributed by atoms with Crippen LogP contribution in [0.5, 0.6) is 5.75 Å². The first-order chi connectivity index (χ1) is 20.7. The maximum atomic E-state index is 13.9. The molecule has 44 heavy (non-hydrogen) atoms. The standard InChI is InChI=1S/C33H46N2O8S/c1-23-9-14-27(15-10-23)44(38,39)35-21-26(13-12-25(35)20-32(2,3)31(37)41-7)42-22-24-11-16-29-28(19-24)34(17-8-18-40-6)30(36)33(4,5)43-29/h9-11,14-16,19,25-26H,8,12-13,17-18,20-22H2,1-7H3/t25-,26+/m0/s1. The Kier molecular flexibility index (Phi) is 10.4. The van der Waals surface area contributed by atoms with Crippen molar-refractivity contribution in [3.8, 4) is 5.75 Å². The Labute approximate surface area is 261 Å². The van der Waals surface area contributed by atoms with Gasteiger partial charge in [0.1, 0.15) is 5.75 Å². The molecule has 1 saturated heterocycles.